The zero-order valence-electron chi connectivity index (χ0n) is 18.0. The Morgan fingerprint density at radius 2 is 1.55 bits per heavy atom. The van der Waals surface area contributed by atoms with Crippen molar-refractivity contribution in [2.45, 2.75) is 6.92 Å². The smallest absolute Gasteiger partial charge is 0.274 e. The van der Waals surface area contributed by atoms with Gasteiger partial charge in [-0.25, -0.2) is 15.0 Å². The first-order valence-electron chi connectivity index (χ1n) is 10.6. The molecule has 160 valence electrons. The van der Waals surface area contributed by atoms with E-state index in [0.29, 0.717) is 17.3 Å². The van der Waals surface area contributed by atoms with E-state index in [-0.39, 0.29) is 5.91 Å². The molecule has 1 amide bonds. The molecular formula is C27H21N5O. The molecule has 2 heterocycles. The van der Waals surface area contributed by atoms with Crippen molar-refractivity contribution in [2.24, 2.45) is 0 Å². The van der Waals surface area contributed by atoms with Gasteiger partial charge in [0.1, 0.15) is 5.69 Å². The molecule has 6 heteroatoms. The van der Waals surface area contributed by atoms with Crippen LogP contribution in [0.15, 0.2) is 97.2 Å². The number of carbonyl (C=O) groups excluding carboxylic acids is 1. The van der Waals surface area contributed by atoms with E-state index in [1.54, 1.807) is 18.3 Å². The van der Waals surface area contributed by atoms with E-state index in [1.165, 1.54) is 0 Å². The molecule has 0 unspecified atom stereocenters. The van der Waals surface area contributed by atoms with E-state index in [0.717, 1.165) is 33.4 Å². The highest BCUT2D eigenvalue weighted by Gasteiger charge is 2.12. The maximum atomic E-state index is 12.6. The summed E-state index contributed by atoms with van der Waals surface area (Å²) in [6.07, 6.45) is 1.60. The lowest BCUT2D eigenvalue weighted by Gasteiger charge is -2.11. The van der Waals surface area contributed by atoms with Crippen LogP contribution >= 0.6 is 0 Å². The minimum Gasteiger partial charge on any atom is -0.323 e. The molecule has 0 atom stereocenters. The van der Waals surface area contributed by atoms with Gasteiger partial charge in [0.15, 0.2) is 0 Å². The Hall–Kier alpha value is -4.58. The van der Waals surface area contributed by atoms with E-state index < -0.39 is 0 Å². The van der Waals surface area contributed by atoms with Gasteiger partial charge in [-0.05, 0) is 36.8 Å². The summed E-state index contributed by atoms with van der Waals surface area (Å²) in [5.74, 6) is 0.204. The average Bonchev–Trinajstić information content (AvgIpc) is 2.86. The summed E-state index contributed by atoms with van der Waals surface area (Å²) in [4.78, 5) is 26.3. The Bertz CT molecular complexity index is 1430. The van der Waals surface area contributed by atoms with Crippen LogP contribution in [0, 0.1) is 6.92 Å². The maximum absolute atomic E-state index is 12.6. The Morgan fingerprint density at radius 3 is 2.33 bits per heavy atom. The minimum atomic E-state index is -0.260. The molecule has 5 aromatic rings. The zero-order chi connectivity index (χ0) is 22.6. The molecule has 2 N–H and O–H groups in total. The van der Waals surface area contributed by atoms with Gasteiger partial charge in [0.25, 0.3) is 5.91 Å². The van der Waals surface area contributed by atoms with Gasteiger partial charge < -0.3 is 10.6 Å². The second-order valence-electron chi connectivity index (χ2n) is 7.61. The summed E-state index contributed by atoms with van der Waals surface area (Å²) in [6, 6.07) is 29.0. The van der Waals surface area contributed by atoms with Gasteiger partial charge in [-0.3, -0.25) is 4.79 Å². The van der Waals surface area contributed by atoms with E-state index in [1.807, 2.05) is 85.8 Å². The third kappa shape index (κ3) is 4.41. The van der Waals surface area contributed by atoms with E-state index in [4.69, 9.17) is 4.98 Å². The van der Waals surface area contributed by atoms with E-state index in [9.17, 15) is 4.79 Å². The highest BCUT2D eigenvalue weighted by molar-refractivity contribution is 6.03. The molecular weight excluding hydrogens is 410 g/mol. The lowest BCUT2D eigenvalue weighted by molar-refractivity contribution is 0.102. The number of benzene rings is 3. The van der Waals surface area contributed by atoms with E-state index >= 15 is 0 Å². The predicted octanol–water partition coefficient (Wildman–Crippen LogP) is 6.00. The van der Waals surface area contributed by atoms with Crippen molar-refractivity contribution in [1.29, 1.82) is 0 Å². The Balaban J connectivity index is 1.40. The van der Waals surface area contributed by atoms with Crippen molar-refractivity contribution in [3.05, 3.63) is 108 Å². The summed E-state index contributed by atoms with van der Waals surface area (Å²) >= 11 is 0. The van der Waals surface area contributed by atoms with Crippen LogP contribution in [-0.4, -0.2) is 20.9 Å². The van der Waals surface area contributed by atoms with Crippen LogP contribution in [0.3, 0.4) is 0 Å². The fourth-order valence-electron chi connectivity index (χ4n) is 3.58. The molecule has 0 spiro atoms. The SMILES string of the molecule is Cc1ccccc1NC(=O)c1ccc(Nc2nc(-c3ccccc3)c3ccccc3n2)cn1. The first-order chi connectivity index (χ1) is 16.2. The number of rotatable bonds is 5. The van der Waals surface area contributed by atoms with Gasteiger partial charge >= 0.3 is 0 Å². The third-order valence-corrected chi connectivity index (χ3v) is 5.30. The molecule has 5 rings (SSSR count). The van der Waals surface area contributed by atoms with Crippen LogP contribution in [0.5, 0.6) is 0 Å². The number of carbonyl (C=O) groups is 1. The van der Waals surface area contributed by atoms with Gasteiger partial charge in [-0.1, -0.05) is 66.7 Å². The molecule has 2 aromatic heterocycles. The average molecular weight is 431 g/mol. The first-order valence-corrected chi connectivity index (χ1v) is 10.6. The Morgan fingerprint density at radius 1 is 0.788 bits per heavy atom. The molecule has 3 aromatic carbocycles. The molecule has 0 aliphatic rings. The number of hydrogen-bond donors (Lipinski definition) is 2. The number of fused-ring (bicyclic) bond motifs is 1. The summed E-state index contributed by atoms with van der Waals surface area (Å²) in [5.41, 5.74) is 5.49. The summed E-state index contributed by atoms with van der Waals surface area (Å²) in [7, 11) is 0. The Kier molecular flexibility index (Phi) is 5.47. The fraction of sp³-hybridized carbons (Fsp3) is 0.0370. The van der Waals surface area contributed by atoms with Crippen LogP contribution in [0.2, 0.25) is 0 Å². The number of hydrogen-bond acceptors (Lipinski definition) is 5. The van der Waals surface area contributed by atoms with Crippen molar-refractivity contribution in [2.75, 3.05) is 10.6 Å². The van der Waals surface area contributed by atoms with Crippen molar-refractivity contribution < 1.29 is 4.79 Å². The summed E-state index contributed by atoms with van der Waals surface area (Å²) < 4.78 is 0. The third-order valence-electron chi connectivity index (χ3n) is 5.30. The topological polar surface area (TPSA) is 79.8 Å². The number of nitrogens with zero attached hydrogens (tertiary/aromatic N) is 3. The second kappa shape index (κ2) is 8.88. The highest BCUT2D eigenvalue weighted by Crippen LogP contribution is 2.28. The largest absolute Gasteiger partial charge is 0.323 e. The zero-order valence-corrected chi connectivity index (χ0v) is 18.0. The number of aryl methyl sites for hydroxylation is 1. The van der Waals surface area contributed by atoms with Crippen molar-refractivity contribution in [3.8, 4) is 11.3 Å². The molecule has 6 nitrogen and oxygen atoms in total. The highest BCUT2D eigenvalue weighted by atomic mass is 16.1. The maximum Gasteiger partial charge on any atom is 0.274 e. The first kappa shape index (κ1) is 20.3. The molecule has 0 saturated heterocycles. The van der Waals surface area contributed by atoms with Crippen LogP contribution in [0.1, 0.15) is 16.1 Å². The standard InChI is InChI=1S/C27H21N5O/c1-18-9-5-7-13-22(18)30-26(33)24-16-15-20(17-28-24)29-27-31-23-14-8-6-12-21(23)25(32-27)19-10-3-2-4-11-19/h2-17H,1H3,(H,30,33)(H,29,31,32). The van der Waals surface area contributed by atoms with Crippen molar-refractivity contribution in [1.82, 2.24) is 15.0 Å². The quantitative estimate of drug-likeness (QED) is 0.357. The number of para-hydroxylation sites is 2. The normalized spacial score (nSPS) is 10.7. The van der Waals surface area contributed by atoms with Crippen LogP contribution in [0.4, 0.5) is 17.3 Å². The molecule has 0 radical (unpaired) electrons. The molecule has 0 aliphatic carbocycles. The summed E-state index contributed by atoms with van der Waals surface area (Å²) in [5, 5.41) is 7.09. The number of anilines is 3. The summed E-state index contributed by atoms with van der Waals surface area (Å²) in [6.45, 7) is 1.95. The molecule has 33 heavy (non-hydrogen) atoms. The van der Waals surface area contributed by atoms with Crippen molar-refractivity contribution >= 4 is 34.1 Å². The number of aromatic nitrogens is 3. The van der Waals surface area contributed by atoms with Crippen LogP contribution in [-0.2, 0) is 0 Å². The number of pyridine rings is 1. The molecule has 0 saturated carbocycles. The van der Waals surface area contributed by atoms with Gasteiger partial charge in [0, 0.05) is 16.6 Å². The van der Waals surface area contributed by atoms with Crippen LogP contribution in [0.25, 0.3) is 22.2 Å². The fourth-order valence-corrected chi connectivity index (χ4v) is 3.58. The van der Waals surface area contributed by atoms with Gasteiger partial charge in [0.2, 0.25) is 5.95 Å². The van der Waals surface area contributed by atoms with Gasteiger partial charge in [-0.15, -0.1) is 0 Å². The lowest BCUT2D eigenvalue weighted by atomic mass is 10.1. The number of amides is 1. The van der Waals surface area contributed by atoms with Crippen LogP contribution < -0.4 is 10.6 Å². The molecule has 0 aliphatic heterocycles. The lowest BCUT2D eigenvalue weighted by Crippen LogP contribution is -2.14. The Labute approximate surface area is 191 Å². The van der Waals surface area contributed by atoms with Crippen molar-refractivity contribution in [3.63, 3.8) is 0 Å². The molecule has 0 bridgehead atoms. The monoisotopic (exact) mass is 431 g/mol. The van der Waals surface area contributed by atoms with Gasteiger partial charge in [0.05, 0.1) is 23.1 Å². The minimum absolute atomic E-state index is 0.260. The second-order valence-corrected chi connectivity index (χ2v) is 7.61. The van der Waals surface area contributed by atoms with E-state index in [2.05, 4.69) is 20.6 Å². The molecule has 0 fully saturated rings. The predicted molar refractivity (Wildman–Crippen MR) is 132 cm³/mol. The number of nitrogens with one attached hydrogen (secondary N) is 2. The van der Waals surface area contributed by atoms with Gasteiger partial charge in [-0.2, -0.15) is 0 Å².